The molecule has 3 aliphatic carbocycles. The molecule has 154 valence electrons. The monoisotopic (exact) mass is 824 g/mol. The summed E-state index contributed by atoms with van der Waals surface area (Å²) in [4.78, 5) is 12.2. The summed E-state index contributed by atoms with van der Waals surface area (Å²) in [7, 11) is 0. The van der Waals surface area contributed by atoms with Crippen LogP contribution in [0.1, 0.15) is 44.9 Å². The van der Waals surface area contributed by atoms with Crippen LogP contribution in [0, 0.1) is 0 Å². The molecule has 5 N–H and O–H groups in total. The molecule has 1 heterocycles. The van der Waals surface area contributed by atoms with Crippen LogP contribution in [0.3, 0.4) is 0 Å². The van der Waals surface area contributed by atoms with E-state index >= 15 is 0 Å². The molecule has 0 aromatic carbocycles. The first-order chi connectivity index (χ1) is 12.7. The second-order valence-electron chi connectivity index (χ2n) is 8.05. The van der Waals surface area contributed by atoms with Crippen molar-refractivity contribution in [3.63, 3.8) is 0 Å². The maximum atomic E-state index is 12.2. The Kier molecular flexibility index (Phi) is 5.85. The van der Waals surface area contributed by atoms with E-state index in [2.05, 4.69) is 13.5 Å². The van der Waals surface area contributed by atoms with E-state index in [1.54, 1.807) is 0 Å². The van der Waals surface area contributed by atoms with Crippen molar-refractivity contribution in [3.8, 4) is 0 Å². The summed E-state index contributed by atoms with van der Waals surface area (Å²) in [6.45, 7) is 0. The summed E-state index contributed by atoms with van der Waals surface area (Å²) in [5.41, 5.74) is 15.2. The van der Waals surface area contributed by atoms with Gasteiger partial charge in [-0.05, 0) is 0 Å². The predicted molar refractivity (Wildman–Crippen MR) is 152 cm³/mol. The number of nitrogens with two attached hydrogens (primary N) is 2. The number of halogens is 4. The van der Waals surface area contributed by atoms with E-state index in [-0.39, 0.29) is 19.6 Å². The molecule has 4 rings (SSSR count). The Bertz CT molecular complexity index is 788. The zero-order valence-corrected chi connectivity index (χ0v) is 24.0. The Labute approximate surface area is 199 Å². The van der Waals surface area contributed by atoms with Gasteiger partial charge in [0, 0.05) is 0 Å². The zero-order chi connectivity index (χ0) is 19.7. The van der Waals surface area contributed by atoms with Gasteiger partial charge in [0.2, 0.25) is 0 Å². The van der Waals surface area contributed by atoms with Gasteiger partial charge in [-0.15, -0.1) is 0 Å². The van der Waals surface area contributed by atoms with Gasteiger partial charge in [-0.3, -0.25) is 0 Å². The van der Waals surface area contributed by atoms with Crippen molar-refractivity contribution >= 4 is 102 Å². The molecule has 0 amide bonds. The molecule has 3 fully saturated rings. The van der Waals surface area contributed by atoms with E-state index in [9.17, 15) is 8.23 Å². The van der Waals surface area contributed by atoms with Gasteiger partial charge < -0.3 is 0 Å². The first kappa shape index (κ1) is 22.0. The molecule has 8 heteroatoms. The average molecular weight is 824 g/mol. The Morgan fingerprint density at radius 1 is 0.926 bits per heavy atom. The minimum absolute atomic E-state index is 0.0253. The summed E-state index contributed by atoms with van der Waals surface area (Å²) in [5, 5.41) is 0. The molecular weight excluding hydrogens is 796 g/mol. The number of hydrogen-bond donors (Lipinski definition) is 3. The zero-order valence-electron chi connectivity index (χ0n) is 15.4. The van der Waals surface area contributed by atoms with Crippen molar-refractivity contribution in [3.05, 3.63) is 11.6 Å². The Morgan fingerprint density at radius 2 is 1.59 bits per heavy atom. The van der Waals surface area contributed by atoms with Crippen LogP contribution >= 0.6 is 82.4 Å². The summed E-state index contributed by atoms with van der Waals surface area (Å²) in [5.74, 6) is 0.230. The molecule has 0 spiro atoms. The molecule has 1 aliphatic heterocycles. The van der Waals surface area contributed by atoms with Crippen LogP contribution in [0.2, 0.25) is 0 Å². The van der Waals surface area contributed by atoms with Crippen molar-refractivity contribution in [2.45, 2.75) is 64.3 Å². The van der Waals surface area contributed by atoms with Gasteiger partial charge in [0.15, 0.2) is 0 Å². The maximum absolute atomic E-state index is 12.2. The molecule has 2 unspecified atom stereocenters. The quantitative estimate of drug-likeness (QED) is 0.232. The van der Waals surface area contributed by atoms with Crippen molar-refractivity contribution < 1.29 is 8.23 Å². The normalized spacial score (nSPS) is 50.6. The van der Waals surface area contributed by atoms with Gasteiger partial charge in [0.25, 0.3) is 0 Å². The summed E-state index contributed by atoms with van der Waals surface area (Å²) < 4.78 is 25.3. The van der Waals surface area contributed by atoms with Crippen LogP contribution in [0.5, 0.6) is 0 Å². The molecule has 0 bridgehead atoms. The second-order valence-corrected chi connectivity index (χ2v) is 20.8. The van der Waals surface area contributed by atoms with Crippen LogP contribution in [0.25, 0.3) is 0 Å². The average Bonchev–Trinajstić information content (AvgIpc) is 2.94. The number of carbonyl (C=O) groups excluding carboxylic acids is 1. The second kappa shape index (κ2) is 7.17. The van der Waals surface area contributed by atoms with Crippen molar-refractivity contribution in [2.75, 3.05) is 4.43 Å². The molecule has 4 nitrogen and oxygen atoms in total. The van der Waals surface area contributed by atoms with Crippen LogP contribution in [-0.4, -0.2) is 46.5 Å². The van der Waals surface area contributed by atoms with E-state index in [0.29, 0.717) is 6.42 Å². The third-order valence-corrected chi connectivity index (χ3v) is 27.0. The number of rotatable bonds is 3. The van der Waals surface area contributed by atoms with E-state index < -0.39 is 88.0 Å². The first-order valence-electron chi connectivity index (χ1n) is 9.08. The van der Waals surface area contributed by atoms with E-state index in [0.717, 1.165) is 43.0 Å². The van der Waals surface area contributed by atoms with Gasteiger partial charge in [-0.25, -0.2) is 0 Å². The van der Waals surface area contributed by atoms with Gasteiger partial charge in [-0.2, -0.15) is 0 Å². The number of carbonyl (C=O) groups is 1. The van der Waals surface area contributed by atoms with E-state index in [1.807, 2.05) is 6.08 Å². The van der Waals surface area contributed by atoms with Gasteiger partial charge in [0.1, 0.15) is 0 Å². The molecule has 0 aromatic rings. The van der Waals surface area contributed by atoms with E-state index in [1.165, 1.54) is 5.57 Å². The Balaban J connectivity index is 2.02. The van der Waals surface area contributed by atoms with Crippen LogP contribution < -0.4 is 11.5 Å². The predicted octanol–water partition coefficient (Wildman–Crippen LogP) is 3.46. The number of alkyl halides is 5. The van der Waals surface area contributed by atoms with Gasteiger partial charge >= 0.3 is 202 Å². The molecule has 0 radical (unpaired) electrons. The standard InChI is InChI=1S/C19H28I4N2O2/c1-20-16-8-9-19(25)18(22-3,10-11-23(19)27)17(16,21-2)7-4-13-12-14(26)5-6-15(13,16)24/h12,27H,1-11,24-25H2/t15-,16?,17+,18?,19-/m1/s1. The summed E-state index contributed by atoms with van der Waals surface area (Å²) in [6.07, 6.45) is 7.99. The van der Waals surface area contributed by atoms with Gasteiger partial charge in [-0.1, -0.05) is 0 Å². The fraction of sp³-hybridized carbons (Fsp3) is 0.684. The summed E-state index contributed by atoms with van der Waals surface area (Å²) >= 11 is -3.44. The first-order valence-corrected chi connectivity index (χ1v) is 20.5. The molecule has 5 atom stereocenters. The fourth-order valence-electron chi connectivity index (χ4n) is 6.23. The van der Waals surface area contributed by atoms with Crippen molar-refractivity contribution in [1.29, 1.82) is 0 Å². The molecule has 0 aromatic heterocycles. The third kappa shape index (κ3) is 2.40. The third-order valence-electron chi connectivity index (χ3n) is 7.56. The number of allylic oxidation sites excluding steroid dienone is 1. The number of ketones is 1. The van der Waals surface area contributed by atoms with Crippen LogP contribution in [-0.2, 0) is 4.79 Å². The van der Waals surface area contributed by atoms with Crippen LogP contribution in [0.4, 0.5) is 0 Å². The Morgan fingerprint density at radius 3 is 2.22 bits per heavy atom. The molecular formula is C19H28I4N2O2. The fourth-order valence-corrected chi connectivity index (χ4v) is 29.1. The minimum atomic E-state index is -2.19. The van der Waals surface area contributed by atoms with Crippen molar-refractivity contribution in [2.24, 2.45) is 11.5 Å². The summed E-state index contributed by atoms with van der Waals surface area (Å²) in [6, 6.07) is 0. The molecule has 4 aliphatic rings. The van der Waals surface area contributed by atoms with Crippen molar-refractivity contribution in [1.82, 2.24) is 0 Å². The number of hydrogen-bond acceptors (Lipinski definition) is 4. The molecule has 27 heavy (non-hydrogen) atoms. The molecule has 2 saturated carbocycles. The number of fused-ring (bicyclic) bond motifs is 5. The SMILES string of the molecule is C=IC12CC[C@]3(N)I(O)CCC3(I=C)[C@]1(I=C)CCC1=CC(=O)CC[C@@]12N. The topological polar surface area (TPSA) is 89.3 Å². The van der Waals surface area contributed by atoms with E-state index in [4.69, 9.17) is 11.5 Å². The Hall–Kier alpha value is 1.82. The molecule has 1 saturated heterocycles. The van der Waals surface area contributed by atoms with Crippen LogP contribution in [0.15, 0.2) is 11.6 Å². The van der Waals surface area contributed by atoms with Gasteiger partial charge in [0.05, 0.1) is 0 Å².